The summed E-state index contributed by atoms with van der Waals surface area (Å²) in [6.45, 7) is 0. The van der Waals surface area contributed by atoms with Gasteiger partial charge in [0.15, 0.2) is 0 Å². The Bertz CT molecular complexity index is 67.2. The Hall–Kier alpha value is 1.35. The number of halogens is 4. The molecule has 0 heterocycles. The SMILES string of the molecule is ClC(Cl)CC(Cl)CCBr. The lowest BCUT2D eigenvalue weighted by atomic mass is 10.3. The predicted octanol–water partition coefficient (Wildman–Crippen LogP) is 3.57. The Kier molecular flexibility index (Phi) is 7.00. The monoisotopic (exact) mass is 252 g/mol. The topological polar surface area (TPSA) is 0 Å². The zero-order valence-electron chi connectivity index (χ0n) is 4.79. The summed E-state index contributed by atoms with van der Waals surface area (Å²) in [4.78, 5) is -0.327. The summed E-state index contributed by atoms with van der Waals surface area (Å²) in [5, 5.41) is 1.01. The summed E-state index contributed by atoms with van der Waals surface area (Å²) in [6, 6.07) is 0. The third kappa shape index (κ3) is 7.24. The van der Waals surface area contributed by atoms with E-state index in [1.807, 2.05) is 0 Å². The van der Waals surface area contributed by atoms with Crippen LogP contribution in [0.3, 0.4) is 0 Å². The van der Waals surface area contributed by atoms with Gasteiger partial charge in [0.05, 0.1) is 0 Å². The second-order valence-corrected chi connectivity index (χ2v) is 4.39. The van der Waals surface area contributed by atoms with E-state index in [4.69, 9.17) is 34.8 Å². The number of rotatable bonds is 4. The quantitative estimate of drug-likeness (QED) is 0.673. The molecule has 0 aliphatic carbocycles. The molecule has 0 radical (unpaired) electrons. The van der Waals surface area contributed by atoms with Crippen molar-refractivity contribution in [3.63, 3.8) is 0 Å². The van der Waals surface area contributed by atoms with Crippen LogP contribution in [-0.4, -0.2) is 15.5 Å². The maximum atomic E-state index is 5.78. The van der Waals surface area contributed by atoms with Crippen molar-refractivity contribution in [1.82, 2.24) is 0 Å². The minimum Gasteiger partial charge on any atom is -0.123 e. The zero-order chi connectivity index (χ0) is 7.28. The maximum Gasteiger partial charge on any atom is 0.109 e. The van der Waals surface area contributed by atoms with Gasteiger partial charge in [-0.2, -0.15) is 0 Å². The van der Waals surface area contributed by atoms with Crippen molar-refractivity contribution < 1.29 is 0 Å². The van der Waals surface area contributed by atoms with E-state index in [0.29, 0.717) is 6.42 Å². The fraction of sp³-hybridized carbons (Fsp3) is 1.00. The van der Waals surface area contributed by atoms with E-state index >= 15 is 0 Å². The van der Waals surface area contributed by atoms with Crippen molar-refractivity contribution in [2.45, 2.75) is 23.1 Å². The molecule has 0 aromatic carbocycles. The molecule has 0 nitrogen and oxygen atoms in total. The molecule has 0 saturated carbocycles. The highest BCUT2D eigenvalue weighted by Crippen LogP contribution is 2.17. The summed E-state index contributed by atoms with van der Waals surface area (Å²) in [5.41, 5.74) is 0. The molecule has 9 heavy (non-hydrogen) atoms. The summed E-state index contributed by atoms with van der Waals surface area (Å²) >= 11 is 20.0. The third-order valence-electron chi connectivity index (χ3n) is 0.856. The second kappa shape index (κ2) is 6.09. The molecule has 1 unspecified atom stereocenters. The van der Waals surface area contributed by atoms with E-state index in [2.05, 4.69) is 15.9 Å². The molecule has 0 aliphatic rings. The molecule has 0 fully saturated rings. The molecular weight excluding hydrogens is 246 g/mol. The van der Waals surface area contributed by atoms with E-state index in [9.17, 15) is 0 Å². The largest absolute Gasteiger partial charge is 0.123 e. The number of alkyl halides is 4. The van der Waals surface area contributed by atoms with Gasteiger partial charge in [0.2, 0.25) is 0 Å². The van der Waals surface area contributed by atoms with Crippen LogP contribution in [0.2, 0.25) is 0 Å². The van der Waals surface area contributed by atoms with Crippen LogP contribution in [0.4, 0.5) is 0 Å². The summed E-state index contributed by atoms with van der Waals surface area (Å²) in [6.07, 6.45) is 1.58. The molecule has 0 bridgehead atoms. The first-order valence-electron chi connectivity index (χ1n) is 2.65. The third-order valence-corrected chi connectivity index (χ3v) is 2.07. The summed E-state index contributed by atoms with van der Waals surface area (Å²) in [7, 11) is 0. The van der Waals surface area contributed by atoms with Crippen molar-refractivity contribution >= 4 is 50.7 Å². The van der Waals surface area contributed by atoms with Crippen LogP contribution in [0, 0.1) is 0 Å². The van der Waals surface area contributed by atoms with Gasteiger partial charge in [0.25, 0.3) is 0 Å². The van der Waals surface area contributed by atoms with Gasteiger partial charge in [0.1, 0.15) is 4.84 Å². The van der Waals surface area contributed by atoms with Crippen LogP contribution < -0.4 is 0 Å². The van der Waals surface area contributed by atoms with Crippen LogP contribution >= 0.6 is 50.7 Å². The number of hydrogen-bond acceptors (Lipinski definition) is 0. The minimum absolute atomic E-state index is 0.101. The van der Waals surface area contributed by atoms with Crippen LogP contribution in [0.15, 0.2) is 0 Å². The first-order valence-corrected chi connectivity index (χ1v) is 5.08. The van der Waals surface area contributed by atoms with Gasteiger partial charge in [0, 0.05) is 10.7 Å². The fourth-order valence-corrected chi connectivity index (χ4v) is 2.15. The predicted molar refractivity (Wildman–Crippen MR) is 48.2 cm³/mol. The lowest BCUT2D eigenvalue weighted by Crippen LogP contribution is -2.03. The molecular formula is C5H8BrCl3. The molecule has 0 aromatic rings. The average Bonchev–Trinajstić information content (AvgIpc) is 1.63. The number of hydrogen-bond donors (Lipinski definition) is 0. The first kappa shape index (κ1) is 10.3. The lowest BCUT2D eigenvalue weighted by Gasteiger charge is -2.05. The molecule has 0 saturated heterocycles. The fourth-order valence-electron chi connectivity index (χ4n) is 0.430. The molecule has 0 aliphatic heterocycles. The highest BCUT2D eigenvalue weighted by molar-refractivity contribution is 9.09. The lowest BCUT2D eigenvalue weighted by molar-refractivity contribution is 0.776. The Morgan fingerprint density at radius 3 is 2.11 bits per heavy atom. The van der Waals surface area contributed by atoms with Crippen molar-refractivity contribution in [2.75, 3.05) is 5.33 Å². The first-order chi connectivity index (χ1) is 4.16. The van der Waals surface area contributed by atoms with E-state index in [0.717, 1.165) is 11.8 Å². The van der Waals surface area contributed by atoms with Crippen LogP contribution in [-0.2, 0) is 0 Å². The smallest absolute Gasteiger partial charge is 0.109 e. The Balaban J connectivity index is 3.15. The summed E-state index contributed by atoms with van der Waals surface area (Å²) in [5.74, 6) is 0. The van der Waals surface area contributed by atoms with Gasteiger partial charge >= 0.3 is 0 Å². The molecule has 1 atom stereocenters. The van der Waals surface area contributed by atoms with Gasteiger partial charge in [-0.3, -0.25) is 0 Å². The van der Waals surface area contributed by atoms with E-state index in [1.54, 1.807) is 0 Å². The van der Waals surface area contributed by atoms with Gasteiger partial charge in [-0.1, -0.05) is 15.9 Å². The standard InChI is InChI=1S/C5H8BrCl3/c6-2-1-4(7)3-5(8)9/h4-5H,1-3H2. The molecule has 56 valence electrons. The van der Waals surface area contributed by atoms with E-state index < -0.39 is 0 Å². The van der Waals surface area contributed by atoms with E-state index in [-0.39, 0.29) is 10.2 Å². The van der Waals surface area contributed by atoms with E-state index in [1.165, 1.54) is 0 Å². The van der Waals surface area contributed by atoms with Crippen molar-refractivity contribution in [3.8, 4) is 0 Å². The molecule has 0 aromatic heterocycles. The molecule has 0 spiro atoms. The second-order valence-electron chi connectivity index (χ2n) is 1.70. The van der Waals surface area contributed by atoms with Gasteiger partial charge in [-0.25, -0.2) is 0 Å². The highest BCUT2D eigenvalue weighted by atomic mass is 79.9. The van der Waals surface area contributed by atoms with Crippen molar-refractivity contribution in [1.29, 1.82) is 0 Å². The average molecular weight is 254 g/mol. The van der Waals surface area contributed by atoms with Crippen LogP contribution in [0.1, 0.15) is 12.8 Å². The summed E-state index contributed by atoms with van der Waals surface area (Å²) < 4.78 is 0. The van der Waals surface area contributed by atoms with Gasteiger partial charge in [-0.05, 0) is 12.8 Å². The normalized spacial score (nSPS) is 14.3. The molecule has 4 heteroatoms. The minimum atomic E-state index is -0.327. The molecule has 0 rings (SSSR count). The van der Waals surface area contributed by atoms with Crippen molar-refractivity contribution in [3.05, 3.63) is 0 Å². The van der Waals surface area contributed by atoms with Crippen molar-refractivity contribution in [2.24, 2.45) is 0 Å². The maximum absolute atomic E-state index is 5.78. The van der Waals surface area contributed by atoms with Gasteiger partial charge in [-0.15, -0.1) is 34.8 Å². The Morgan fingerprint density at radius 1 is 1.22 bits per heavy atom. The Morgan fingerprint density at radius 2 is 1.78 bits per heavy atom. The molecule has 0 N–H and O–H groups in total. The Labute approximate surface area is 79.0 Å². The zero-order valence-corrected chi connectivity index (χ0v) is 8.64. The molecule has 0 amide bonds. The highest BCUT2D eigenvalue weighted by Gasteiger charge is 2.07. The van der Waals surface area contributed by atoms with Gasteiger partial charge < -0.3 is 0 Å². The van der Waals surface area contributed by atoms with Crippen LogP contribution in [0.25, 0.3) is 0 Å². The van der Waals surface area contributed by atoms with Crippen LogP contribution in [0.5, 0.6) is 0 Å².